The molecule has 0 aliphatic carbocycles. The number of nitrogens with zero attached hydrogens (tertiary/aromatic N) is 1. The van der Waals surface area contributed by atoms with Crippen molar-refractivity contribution in [1.29, 1.82) is 0 Å². The predicted octanol–water partition coefficient (Wildman–Crippen LogP) is 3.22. The molecule has 0 bridgehead atoms. The summed E-state index contributed by atoms with van der Waals surface area (Å²) >= 11 is 5.25. The van der Waals surface area contributed by atoms with E-state index in [0.29, 0.717) is 4.16 Å². The summed E-state index contributed by atoms with van der Waals surface area (Å²) in [5, 5.41) is 0. The van der Waals surface area contributed by atoms with Crippen molar-refractivity contribution in [3.63, 3.8) is 0 Å². The molecule has 0 aromatic heterocycles. The van der Waals surface area contributed by atoms with Crippen LogP contribution in [0, 0.1) is 0 Å². The van der Waals surface area contributed by atoms with E-state index >= 15 is 0 Å². The van der Waals surface area contributed by atoms with Gasteiger partial charge in [-0.15, -0.1) is 11.8 Å². The molecule has 1 aromatic carbocycles. The second-order valence-corrected chi connectivity index (χ2v) is 4.99. The lowest BCUT2D eigenvalue weighted by molar-refractivity contribution is 1.36. The maximum atomic E-state index is 4.28. The average Bonchev–Trinajstić information content (AvgIpc) is 2.04. The van der Waals surface area contributed by atoms with Gasteiger partial charge in [-0.05, 0) is 12.1 Å². The molecule has 0 saturated carbocycles. The first-order chi connectivity index (χ1) is 5.36. The Bertz CT molecular complexity index is 298. The van der Waals surface area contributed by atoms with Crippen LogP contribution in [0.3, 0.4) is 0 Å². The van der Waals surface area contributed by atoms with E-state index in [1.165, 1.54) is 4.90 Å². The fourth-order valence-electron chi connectivity index (χ4n) is 0.954. The largest absolute Gasteiger partial charge is 0.258 e. The van der Waals surface area contributed by atoms with Gasteiger partial charge in [-0.25, -0.2) is 0 Å². The summed E-state index contributed by atoms with van der Waals surface area (Å²) in [7, 11) is 0. The lowest BCUT2D eigenvalue weighted by Crippen LogP contribution is -1.96. The van der Waals surface area contributed by atoms with E-state index in [9.17, 15) is 0 Å². The predicted molar refractivity (Wildman–Crippen MR) is 53.2 cm³/mol. The summed E-state index contributed by atoms with van der Waals surface area (Å²) < 4.78 is 0.331. The van der Waals surface area contributed by atoms with Crippen LogP contribution in [0.15, 0.2) is 34.2 Å². The number of benzene rings is 1. The maximum absolute atomic E-state index is 4.28. The number of para-hydroxylation sites is 1. The summed E-state index contributed by atoms with van der Waals surface area (Å²) in [4.78, 5) is 5.53. The zero-order chi connectivity index (χ0) is 7.68. The Hall–Kier alpha value is -0.280. The molecule has 1 aliphatic rings. The van der Waals surface area contributed by atoms with E-state index in [2.05, 4.69) is 27.0 Å². The zero-order valence-corrected chi connectivity index (χ0v) is 8.10. The van der Waals surface area contributed by atoms with Gasteiger partial charge in [0.05, 0.1) is 9.85 Å². The first-order valence-electron chi connectivity index (χ1n) is 3.30. The summed E-state index contributed by atoms with van der Waals surface area (Å²) in [5.74, 6) is 0. The molecule has 1 nitrogen and oxygen atoms in total. The minimum absolute atomic E-state index is 0.331. The van der Waals surface area contributed by atoms with Crippen LogP contribution in [0.1, 0.15) is 0 Å². The van der Waals surface area contributed by atoms with E-state index in [1.54, 1.807) is 11.8 Å². The van der Waals surface area contributed by atoms with Gasteiger partial charge in [0.15, 0.2) is 0 Å². The molecule has 56 valence electrons. The van der Waals surface area contributed by atoms with Crippen molar-refractivity contribution in [3.8, 4) is 0 Å². The highest BCUT2D eigenvalue weighted by molar-refractivity contribution is 9.11. The Balaban J connectivity index is 2.46. The van der Waals surface area contributed by atoms with E-state index in [4.69, 9.17) is 0 Å². The molecule has 1 atom stereocenters. The van der Waals surface area contributed by atoms with E-state index in [0.717, 1.165) is 5.69 Å². The normalized spacial score (nSPS) is 21.4. The Kier molecular flexibility index (Phi) is 2.00. The standard InChI is InChI=1S/C8H6BrNS/c9-8-5-10-6-3-1-2-4-7(6)11-8/h1-5,8H. The van der Waals surface area contributed by atoms with Crippen molar-refractivity contribution in [3.05, 3.63) is 24.3 Å². The SMILES string of the molecule is BrC1C=Nc2ccccc2S1. The van der Waals surface area contributed by atoms with Crippen molar-refractivity contribution < 1.29 is 0 Å². The molecule has 0 spiro atoms. The minimum atomic E-state index is 0.331. The van der Waals surface area contributed by atoms with Gasteiger partial charge in [0.1, 0.15) is 0 Å². The molecular formula is C8H6BrNS. The fraction of sp³-hybridized carbons (Fsp3) is 0.125. The van der Waals surface area contributed by atoms with E-state index in [-0.39, 0.29) is 0 Å². The minimum Gasteiger partial charge on any atom is -0.258 e. The van der Waals surface area contributed by atoms with Crippen molar-refractivity contribution in [2.75, 3.05) is 0 Å². The van der Waals surface area contributed by atoms with Crippen LogP contribution >= 0.6 is 27.7 Å². The number of aliphatic imine (C=N–C) groups is 1. The van der Waals surface area contributed by atoms with Crippen LogP contribution in [0.4, 0.5) is 5.69 Å². The lowest BCUT2D eigenvalue weighted by Gasteiger charge is -2.11. The summed E-state index contributed by atoms with van der Waals surface area (Å²) in [6.45, 7) is 0. The van der Waals surface area contributed by atoms with Crippen molar-refractivity contribution >= 4 is 39.6 Å². The molecule has 3 heteroatoms. The Morgan fingerprint density at radius 2 is 2.18 bits per heavy atom. The third-order valence-electron chi connectivity index (χ3n) is 1.44. The van der Waals surface area contributed by atoms with Gasteiger partial charge >= 0.3 is 0 Å². The number of rotatable bonds is 0. The summed E-state index contributed by atoms with van der Waals surface area (Å²) in [5.41, 5.74) is 1.08. The molecule has 1 unspecified atom stereocenters. The molecule has 1 aliphatic heterocycles. The molecule has 0 saturated heterocycles. The van der Waals surface area contributed by atoms with Gasteiger partial charge in [0, 0.05) is 11.1 Å². The smallest absolute Gasteiger partial charge is 0.0998 e. The van der Waals surface area contributed by atoms with Crippen molar-refractivity contribution in [2.45, 2.75) is 9.05 Å². The fourth-order valence-corrected chi connectivity index (χ4v) is 2.44. The second kappa shape index (κ2) is 2.99. The highest BCUT2D eigenvalue weighted by Gasteiger charge is 2.10. The molecule has 0 fully saturated rings. The highest BCUT2D eigenvalue weighted by atomic mass is 79.9. The van der Waals surface area contributed by atoms with Crippen LogP contribution in [0.5, 0.6) is 0 Å². The molecule has 2 rings (SSSR count). The van der Waals surface area contributed by atoms with Gasteiger partial charge in [-0.2, -0.15) is 0 Å². The van der Waals surface area contributed by atoms with Gasteiger partial charge in [-0.3, -0.25) is 4.99 Å². The van der Waals surface area contributed by atoms with Crippen molar-refractivity contribution in [2.24, 2.45) is 4.99 Å². The highest BCUT2D eigenvalue weighted by Crippen LogP contribution is 2.37. The third-order valence-corrected chi connectivity index (χ3v) is 3.18. The molecule has 11 heavy (non-hydrogen) atoms. The van der Waals surface area contributed by atoms with E-state index in [1.807, 2.05) is 24.4 Å². The maximum Gasteiger partial charge on any atom is 0.0998 e. The van der Waals surface area contributed by atoms with Crippen LogP contribution < -0.4 is 0 Å². The average molecular weight is 228 g/mol. The molecule has 0 radical (unpaired) electrons. The van der Waals surface area contributed by atoms with Crippen LogP contribution in [0.25, 0.3) is 0 Å². The Morgan fingerprint density at radius 1 is 1.36 bits per heavy atom. The second-order valence-electron chi connectivity index (χ2n) is 2.21. The summed E-state index contributed by atoms with van der Waals surface area (Å²) in [6.07, 6.45) is 1.91. The molecule has 0 amide bonds. The van der Waals surface area contributed by atoms with Gasteiger partial charge in [0.25, 0.3) is 0 Å². The number of hydrogen-bond donors (Lipinski definition) is 0. The topological polar surface area (TPSA) is 12.4 Å². The van der Waals surface area contributed by atoms with Gasteiger partial charge in [-0.1, -0.05) is 28.1 Å². The van der Waals surface area contributed by atoms with Crippen LogP contribution in [-0.4, -0.2) is 10.4 Å². The Labute approximate surface area is 78.0 Å². The molecular weight excluding hydrogens is 222 g/mol. The Morgan fingerprint density at radius 3 is 3.09 bits per heavy atom. The monoisotopic (exact) mass is 227 g/mol. The number of alkyl halides is 1. The van der Waals surface area contributed by atoms with Crippen LogP contribution in [-0.2, 0) is 0 Å². The van der Waals surface area contributed by atoms with Crippen LogP contribution in [0.2, 0.25) is 0 Å². The lowest BCUT2D eigenvalue weighted by atomic mass is 10.3. The first-order valence-corrected chi connectivity index (χ1v) is 5.10. The number of halogens is 1. The van der Waals surface area contributed by atoms with Gasteiger partial charge < -0.3 is 0 Å². The first kappa shape index (κ1) is 7.37. The number of thioether (sulfide) groups is 1. The van der Waals surface area contributed by atoms with Gasteiger partial charge in [0.2, 0.25) is 0 Å². The van der Waals surface area contributed by atoms with Crippen molar-refractivity contribution in [1.82, 2.24) is 0 Å². The summed E-state index contributed by atoms with van der Waals surface area (Å²) in [6, 6.07) is 8.15. The molecule has 0 N–H and O–H groups in total. The number of hydrogen-bond acceptors (Lipinski definition) is 2. The third kappa shape index (κ3) is 1.49. The quantitative estimate of drug-likeness (QED) is 0.621. The molecule has 1 aromatic rings. The van der Waals surface area contributed by atoms with E-state index < -0.39 is 0 Å². The molecule has 1 heterocycles. The number of fused-ring (bicyclic) bond motifs is 1. The zero-order valence-electron chi connectivity index (χ0n) is 5.70.